The Balaban J connectivity index is 1.82. The van der Waals surface area contributed by atoms with Crippen molar-refractivity contribution in [1.29, 1.82) is 5.26 Å². The number of benzene rings is 2. The highest BCUT2D eigenvalue weighted by Gasteiger charge is 2.35. The van der Waals surface area contributed by atoms with E-state index in [-0.39, 0.29) is 18.4 Å². The molecule has 0 aliphatic carbocycles. The van der Waals surface area contributed by atoms with Crippen LogP contribution in [0.25, 0.3) is 6.08 Å². The Kier molecular flexibility index (Phi) is 6.07. The summed E-state index contributed by atoms with van der Waals surface area (Å²) in [7, 11) is 0. The molecule has 1 aliphatic rings. The van der Waals surface area contributed by atoms with Crippen molar-refractivity contribution in [2.75, 3.05) is 6.61 Å². The molecule has 27 heavy (non-hydrogen) atoms. The zero-order valence-electron chi connectivity index (χ0n) is 13.8. The van der Waals surface area contributed by atoms with Crippen LogP contribution in [0.5, 0.6) is 5.75 Å². The number of imide groups is 1. The summed E-state index contributed by atoms with van der Waals surface area (Å²) in [6.07, 6.45) is 1.61. The van der Waals surface area contributed by atoms with Gasteiger partial charge in [-0.3, -0.25) is 14.5 Å². The highest BCUT2D eigenvalue weighted by Crippen LogP contribution is 2.35. The number of thioether (sulfide) groups is 1. The molecule has 2 aromatic rings. The van der Waals surface area contributed by atoms with Crippen LogP contribution in [-0.4, -0.2) is 22.7 Å². The van der Waals surface area contributed by atoms with E-state index in [1.54, 1.807) is 48.5 Å². The second-order valence-electron chi connectivity index (χ2n) is 5.49. The summed E-state index contributed by atoms with van der Waals surface area (Å²) in [5.74, 6) is 0.0942. The highest BCUT2D eigenvalue weighted by molar-refractivity contribution is 8.18. The Morgan fingerprint density at radius 2 is 1.85 bits per heavy atom. The van der Waals surface area contributed by atoms with Crippen LogP contribution in [0.2, 0.25) is 10.0 Å². The summed E-state index contributed by atoms with van der Waals surface area (Å²) < 4.78 is 5.25. The van der Waals surface area contributed by atoms with Crippen LogP contribution in [0.1, 0.15) is 11.1 Å². The van der Waals surface area contributed by atoms with Crippen molar-refractivity contribution in [2.45, 2.75) is 6.54 Å². The second kappa shape index (κ2) is 8.49. The van der Waals surface area contributed by atoms with E-state index in [0.717, 1.165) is 16.7 Å². The fourth-order valence-corrected chi connectivity index (χ4v) is 3.79. The minimum absolute atomic E-state index is 0.00579. The average Bonchev–Trinajstić information content (AvgIpc) is 2.90. The summed E-state index contributed by atoms with van der Waals surface area (Å²) in [5, 5.41) is 8.99. The SMILES string of the molecule is N#CCOc1cccc(/C=C2\SC(=O)N(Cc3c(Cl)cccc3Cl)C2=O)c1. The van der Waals surface area contributed by atoms with Crippen LogP contribution < -0.4 is 4.74 Å². The largest absolute Gasteiger partial charge is 0.479 e. The highest BCUT2D eigenvalue weighted by atomic mass is 35.5. The van der Waals surface area contributed by atoms with Gasteiger partial charge in [0.15, 0.2) is 6.61 Å². The monoisotopic (exact) mass is 418 g/mol. The Bertz CT molecular complexity index is 965. The van der Waals surface area contributed by atoms with Gasteiger partial charge in [0.25, 0.3) is 11.1 Å². The molecule has 0 saturated carbocycles. The third-order valence-corrected chi connectivity index (χ3v) is 5.33. The number of ether oxygens (including phenoxy) is 1. The number of carbonyl (C=O) groups is 2. The smallest absolute Gasteiger partial charge is 0.293 e. The number of halogens is 2. The van der Waals surface area contributed by atoms with Crippen molar-refractivity contribution in [3.8, 4) is 11.8 Å². The van der Waals surface area contributed by atoms with Crippen molar-refractivity contribution in [3.05, 3.63) is 68.5 Å². The van der Waals surface area contributed by atoms with E-state index in [4.69, 9.17) is 33.2 Å². The Hall–Kier alpha value is -2.46. The van der Waals surface area contributed by atoms with Gasteiger partial charge in [0.05, 0.1) is 11.4 Å². The molecule has 0 atom stereocenters. The van der Waals surface area contributed by atoms with Crippen molar-refractivity contribution in [3.63, 3.8) is 0 Å². The van der Waals surface area contributed by atoms with E-state index in [2.05, 4.69) is 0 Å². The molecule has 8 heteroatoms. The quantitative estimate of drug-likeness (QED) is 0.629. The Morgan fingerprint density at radius 1 is 1.15 bits per heavy atom. The Morgan fingerprint density at radius 3 is 2.56 bits per heavy atom. The van der Waals surface area contributed by atoms with Gasteiger partial charge in [-0.25, -0.2) is 0 Å². The van der Waals surface area contributed by atoms with E-state index in [1.165, 1.54) is 0 Å². The van der Waals surface area contributed by atoms with Crippen LogP contribution in [0.4, 0.5) is 4.79 Å². The van der Waals surface area contributed by atoms with Gasteiger partial charge in [0.1, 0.15) is 11.8 Å². The molecule has 0 aromatic heterocycles. The lowest BCUT2D eigenvalue weighted by Gasteiger charge is -2.14. The molecular weight excluding hydrogens is 407 g/mol. The predicted octanol–water partition coefficient (Wildman–Crippen LogP) is 5.13. The maximum Gasteiger partial charge on any atom is 0.293 e. The van der Waals surface area contributed by atoms with Gasteiger partial charge >= 0.3 is 0 Å². The van der Waals surface area contributed by atoms with Gasteiger partial charge in [-0.1, -0.05) is 41.4 Å². The van der Waals surface area contributed by atoms with Crippen LogP contribution in [0.15, 0.2) is 47.4 Å². The van der Waals surface area contributed by atoms with Crippen LogP contribution >= 0.6 is 35.0 Å². The maximum atomic E-state index is 12.7. The van der Waals surface area contributed by atoms with E-state index < -0.39 is 5.91 Å². The molecule has 5 nitrogen and oxygen atoms in total. The topological polar surface area (TPSA) is 70.4 Å². The standard InChI is InChI=1S/C19H12Cl2N2O3S/c20-15-5-2-6-16(21)14(15)11-23-18(24)17(27-19(23)25)10-12-3-1-4-13(9-12)26-8-7-22/h1-6,9-10H,8,11H2/b17-10-. The van der Waals surface area contributed by atoms with Gasteiger partial charge in [-0.05, 0) is 47.7 Å². The molecule has 0 spiro atoms. The first-order chi connectivity index (χ1) is 13.0. The molecule has 0 unspecified atom stereocenters. The molecule has 1 saturated heterocycles. The fourth-order valence-electron chi connectivity index (χ4n) is 2.44. The summed E-state index contributed by atoms with van der Waals surface area (Å²) >= 11 is 13.1. The molecule has 2 aromatic carbocycles. The zero-order valence-corrected chi connectivity index (χ0v) is 16.1. The molecule has 2 amide bonds. The average molecular weight is 419 g/mol. The third kappa shape index (κ3) is 4.45. The number of rotatable bonds is 5. The molecule has 1 fully saturated rings. The summed E-state index contributed by atoms with van der Waals surface area (Å²) in [6, 6.07) is 13.8. The zero-order chi connectivity index (χ0) is 19.4. The van der Waals surface area contributed by atoms with Gasteiger partial charge < -0.3 is 4.74 Å². The van der Waals surface area contributed by atoms with Crippen molar-refractivity contribution < 1.29 is 14.3 Å². The van der Waals surface area contributed by atoms with E-state index in [0.29, 0.717) is 31.8 Å². The van der Waals surface area contributed by atoms with Gasteiger partial charge in [-0.2, -0.15) is 5.26 Å². The summed E-state index contributed by atoms with van der Waals surface area (Å²) in [6.45, 7) is -0.0651. The van der Waals surface area contributed by atoms with Crippen molar-refractivity contribution >= 4 is 52.2 Å². The molecule has 136 valence electrons. The van der Waals surface area contributed by atoms with Crippen molar-refractivity contribution in [1.82, 2.24) is 4.90 Å². The van der Waals surface area contributed by atoms with Gasteiger partial charge in [0, 0.05) is 15.6 Å². The van der Waals surface area contributed by atoms with E-state index >= 15 is 0 Å². The fraction of sp³-hybridized carbons (Fsp3) is 0.105. The molecular formula is C19H12Cl2N2O3S. The first kappa shape index (κ1) is 19.3. The first-order valence-corrected chi connectivity index (χ1v) is 9.35. The molecule has 1 heterocycles. The lowest BCUT2D eigenvalue weighted by atomic mass is 10.2. The molecule has 3 rings (SSSR count). The maximum absolute atomic E-state index is 12.7. The Labute approximate surface area is 170 Å². The number of carbonyl (C=O) groups excluding carboxylic acids is 2. The molecule has 1 aliphatic heterocycles. The van der Waals surface area contributed by atoms with Crippen LogP contribution in [0, 0.1) is 11.3 Å². The number of nitriles is 1. The predicted molar refractivity (Wildman–Crippen MR) is 106 cm³/mol. The minimum atomic E-state index is -0.413. The van der Waals surface area contributed by atoms with Gasteiger partial charge in [-0.15, -0.1) is 0 Å². The second-order valence-corrected chi connectivity index (χ2v) is 7.29. The minimum Gasteiger partial charge on any atom is -0.479 e. The number of nitrogens with zero attached hydrogens (tertiary/aromatic N) is 2. The summed E-state index contributed by atoms with van der Waals surface area (Å²) in [5.41, 5.74) is 1.21. The third-order valence-electron chi connectivity index (χ3n) is 3.71. The van der Waals surface area contributed by atoms with Crippen molar-refractivity contribution in [2.24, 2.45) is 0 Å². The van der Waals surface area contributed by atoms with Gasteiger partial charge in [0.2, 0.25) is 0 Å². The van der Waals surface area contributed by atoms with E-state index in [1.807, 2.05) is 6.07 Å². The lowest BCUT2D eigenvalue weighted by molar-refractivity contribution is -0.123. The molecule has 0 radical (unpaired) electrons. The lowest BCUT2D eigenvalue weighted by Crippen LogP contribution is -2.27. The van der Waals surface area contributed by atoms with Crippen LogP contribution in [-0.2, 0) is 11.3 Å². The summed E-state index contributed by atoms with van der Waals surface area (Å²) in [4.78, 5) is 26.4. The molecule has 0 bridgehead atoms. The normalized spacial score (nSPS) is 15.3. The number of hydrogen-bond acceptors (Lipinski definition) is 5. The first-order valence-electron chi connectivity index (χ1n) is 7.77. The molecule has 0 N–H and O–H groups in total. The van der Waals surface area contributed by atoms with Crippen LogP contribution in [0.3, 0.4) is 0 Å². The van der Waals surface area contributed by atoms with E-state index in [9.17, 15) is 9.59 Å². The number of amides is 2. The number of hydrogen-bond donors (Lipinski definition) is 0.